The number of hydrogen-bond donors (Lipinski definition) is 1. The molecule has 0 saturated carbocycles. The topological polar surface area (TPSA) is 110 Å². The van der Waals surface area contributed by atoms with Gasteiger partial charge >= 0.3 is 6.03 Å². The zero-order valence-electron chi connectivity index (χ0n) is 21.3. The minimum Gasteiger partial charge on any atom is -0.370 e. The van der Waals surface area contributed by atoms with E-state index in [9.17, 15) is 24.0 Å². The molecule has 3 saturated heterocycles. The molecule has 10 nitrogen and oxygen atoms in total. The molecule has 0 spiro atoms. The van der Waals surface area contributed by atoms with E-state index in [0.29, 0.717) is 43.3 Å². The highest BCUT2D eigenvalue weighted by molar-refractivity contribution is 9.10. The lowest BCUT2D eigenvalue weighted by molar-refractivity contribution is -0.136. The monoisotopic (exact) mass is 593 g/mol. The van der Waals surface area contributed by atoms with Gasteiger partial charge in [-0.2, -0.15) is 0 Å². The van der Waals surface area contributed by atoms with Crippen molar-refractivity contribution < 1.29 is 24.0 Å². The molecule has 0 radical (unpaired) electrons. The van der Waals surface area contributed by atoms with Gasteiger partial charge in [-0.1, -0.05) is 28.1 Å². The van der Waals surface area contributed by atoms with Crippen LogP contribution in [0, 0.1) is 5.92 Å². The third-order valence-corrected chi connectivity index (χ3v) is 8.48. The van der Waals surface area contributed by atoms with Crippen LogP contribution in [0.4, 0.5) is 16.2 Å². The van der Waals surface area contributed by atoms with E-state index in [2.05, 4.69) is 26.1 Å². The number of imide groups is 2. The number of halogens is 1. The predicted octanol–water partition coefficient (Wildman–Crippen LogP) is 3.01. The van der Waals surface area contributed by atoms with Gasteiger partial charge in [-0.3, -0.25) is 34.3 Å². The van der Waals surface area contributed by atoms with Gasteiger partial charge in [0, 0.05) is 49.3 Å². The van der Waals surface area contributed by atoms with Crippen molar-refractivity contribution in [2.75, 3.05) is 42.5 Å². The molecule has 3 fully saturated rings. The van der Waals surface area contributed by atoms with Gasteiger partial charge in [-0.15, -0.1) is 0 Å². The van der Waals surface area contributed by atoms with E-state index >= 15 is 0 Å². The van der Waals surface area contributed by atoms with Crippen LogP contribution in [0.15, 0.2) is 46.9 Å². The summed E-state index contributed by atoms with van der Waals surface area (Å²) in [5, 5.41) is 2.23. The molecule has 4 aliphatic rings. The smallest absolute Gasteiger partial charge is 0.324 e. The minimum absolute atomic E-state index is 0.0223. The number of nitrogens with one attached hydrogen (secondary N) is 1. The van der Waals surface area contributed by atoms with Crippen LogP contribution in [0.1, 0.15) is 46.4 Å². The van der Waals surface area contributed by atoms with Gasteiger partial charge in [-0.05, 0) is 55.5 Å². The van der Waals surface area contributed by atoms with Crippen molar-refractivity contribution in [2.24, 2.45) is 5.92 Å². The lowest BCUT2D eigenvalue weighted by Gasteiger charge is -2.43. The van der Waals surface area contributed by atoms with Crippen LogP contribution in [0.5, 0.6) is 0 Å². The second-order valence-electron chi connectivity index (χ2n) is 10.5. The third-order valence-electron chi connectivity index (χ3n) is 7.98. The molecule has 202 valence electrons. The molecule has 1 unspecified atom stereocenters. The molecule has 0 bridgehead atoms. The fraction of sp³-hybridized carbons (Fsp3) is 0.393. The van der Waals surface area contributed by atoms with E-state index < -0.39 is 29.7 Å². The number of carbonyl (C=O) groups is 5. The molecule has 4 aliphatic heterocycles. The second-order valence-corrected chi connectivity index (χ2v) is 11.4. The van der Waals surface area contributed by atoms with Crippen LogP contribution in [-0.2, 0) is 9.59 Å². The van der Waals surface area contributed by atoms with Gasteiger partial charge in [0.2, 0.25) is 11.8 Å². The fourth-order valence-corrected chi connectivity index (χ4v) is 6.31. The molecule has 11 heteroatoms. The summed E-state index contributed by atoms with van der Waals surface area (Å²) in [6, 6.07) is 12.0. The second kappa shape index (κ2) is 10.1. The van der Waals surface area contributed by atoms with Gasteiger partial charge < -0.3 is 9.80 Å². The quantitative estimate of drug-likeness (QED) is 0.516. The number of urea groups is 1. The van der Waals surface area contributed by atoms with Crippen LogP contribution in [-0.4, -0.2) is 78.2 Å². The Labute approximate surface area is 234 Å². The average molecular weight is 594 g/mol. The molecular formula is C28H28BrN5O5. The molecule has 39 heavy (non-hydrogen) atoms. The summed E-state index contributed by atoms with van der Waals surface area (Å²) in [7, 11) is 0. The normalized spacial score (nSPS) is 21.9. The number of fused-ring (bicyclic) bond motifs is 1. The van der Waals surface area contributed by atoms with Gasteiger partial charge in [0.05, 0.1) is 16.8 Å². The Morgan fingerprint density at radius 3 is 2.51 bits per heavy atom. The Morgan fingerprint density at radius 2 is 1.74 bits per heavy atom. The first-order valence-electron chi connectivity index (χ1n) is 13.2. The summed E-state index contributed by atoms with van der Waals surface area (Å²) >= 11 is 3.48. The maximum absolute atomic E-state index is 13.4. The van der Waals surface area contributed by atoms with Gasteiger partial charge in [0.15, 0.2) is 0 Å². The number of hydrogen-bond acceptors (Lipinski definition) is 6. The minimum atomic E-state index is -0.981. The van der Waals surface area contributed by atoms with Crippen LogP contribution < -0.4 is 15.1 Å². The molecular weight excluding hydrogens is 566 g/mol. The van der Waals surface area contributed by atoms with Crippen molar-refractivity contribution in [3.8, 4) is 0 Å². The molecule has 1 N–H and O–H groups in total. The van der Waals surface area contributed by atoms with Gasteiger partial charge in [0.25, 0.3) is 11.8 Å². The molecule has 2 aromatic rings. The molecule has 4 heterocycles. The number of piperidine rings is 1. The summed E-state index contributed by atoms with van der Waals surface area (Å²) in [5.41, 5.74) is 2.18. The Balaban J connectivity index is 1.08. The Morgan fingerprint density at radius 1 is 0.949 bits per heavy atom. The first kappa shape index (κ1) is 25.5. The number of carbonyl (C=O) groups excluding carboxylic acids is 5. The fourth-order valence-electron chi connectivity index (χ4n) is 5.92. The molecule has 0 aromatic heterocycles. The maximum Gasteiger partial charge on any atom is 0.324 e. The van der Waals surface area contributed by atoms with E-state index in [0.717, 1.165) is 34.4 Å². The van der Waals surface area contributed by atoms with Gasteiger partial charge in [-0.25, -0.2) is 4.79 Å². The molecule has 6 rings (SSSR count). The summed E-state index contributed by atoms with van der Waals surface area (Å²) in [6.45, 7) is 3.53. The number of benzene rings is 2. The number of anilines is 2. The Bertz CT molecular complexity index is 1390. The first-order valence-corrected chi connectivity index (χ1v) is 14.0. The Hall–Kier alpha value is -3.73. The van der Waals surface area contributed by atoms with E-state index in [-0.39, 0.29) is 24.4 Å². The highest BCUT2D eigenvalue weighted by atomic mass is 79.9. The maximum atomic E-state index is 13.4. The SMILES string of the molecule is O=C1CCC(N2C(=O)c3cccc(N4CC(CCN5CCCN(c6cccc(Br)c6)C5=O)C4)c3C2=O)C(=O)N1. The van der Waals surface area contributed by atoms with E-state index in [1.807, 2.05) is 40.1 Å². The van der Waals surface area contributed by atoms with Crippen molar-refractivity contribution in [3.63, 3.8) is 0 Å². The number of nitrogens with zero attached hydrogens (tertiary/aromatic N) is 4. The molecule has 6 amide bonds. The number of rotatable bonds is 6. The van der Waals surface area contributed by atoms with Crippen molar-refractivity contribution in [3.05, 3.63) is 58.1 Å². The largest absolute Gasteiger partial charge is 0.370 e. The zero-order chi connectivity index (χ0) is 27.3. The number of amides is 6. The van der Waals surface area contributed by atoms with E-state index in [1.165, 1.54) is 0 Å². The van der Waals surface area contributed by atoms with E-state index in [4.69, 9.17) is 0 Å². The lowest BCUT2D eigenvalue weighted by atomic mass is 9.93. The van der Waals surface area contributed by atoms with Crippen molar-refractivity contribution in [1.82, 2.24) is 15.1 Å². The molecule has 1 atom stereocenters. The zero-order valence-corrected chi connectivity index (χ0v) is 22.9. The van der Waals surface area contributed by atoms with Crippen molar-refractivity contribution in [2.45, 2.75) is 31.7 Å². The van der Waals surface area contributed by atoms with Gasteiger partial charge in [0.1, 0.15) is 6.04 Å². The highest BCUT2D eigenvalue weighted by Crippen LogP contribution is 2.37. The standard InChI is InChI=1S/C28H28BrN5O5/c29-18-4-1-5-19(14-18)33-12-3-11-31(28(33)39)13-10-17-15-32(16-17)21-7-2-6-20-24(21)27(38)34(26(20)37)22-8-9-23(35)30-25(22)36/h1-2,4-7,14,17,22H,3,8-13,15-16H2,(H,30,35,36). The lowest BCUT2D eigenvalue weighted by Crippen LogP contribution is -2.54. The first-order chi connectivity index (χ1) is 18.8. The average Bonchev–Trinajstić information content (AvgIpc) is 3.14. The van der Waals surface area contributed by atoms with Crippen LogP contribution in [0.25, 0.3) is 0 Å². The summed E-state index contributed by atoms with van der Waals surface area (Å²) < 4.78 is 0.937. The predicted molar refractivity (Wildman–Crippen MR) is 147 cm³/mol. The van der Waals surface area contributed by atoms with Crippen LogP contribution in [0.2, 0.25) is 0 Å². The van der Waals surface area contributed by atoms with Crippen LogP contribution in [0.3, 0.4) is 0 Å². The van der Waals surface area contributed by atoms with Crippen molar-refractivity contribution in [1.29, 1.82) is 0 Å². The summed E-state index contributed by atoms with van der Waals surface area (Å²) in [4.78, 5) is 70.4. The summed E-state index contributed by atoms with van der Waals surface area (Å²) in [5.74, 6) is -1.64. The summed E-state index contributed by atoms with van der Waals surface area (Å²) in [6.07, 6.45) is 1.97. The Kier molecular flexibility index (Phi) is 6.62. The van der Waals surface area contributed by atoms with E-state index in [1.54, 1.807) is 12.1 Å². The highest BCUT2D eigenvalue weighted by Gasteiger charge is 2.46. The molecule has 0 aliphatic carbocycles. The van der Waals surface area contributed by atoms with Crippen LogP contribution >= 0.6 is 15.9 Å². The van der Waals surface area contributed by atoms with Crippen molar-refractivity contribution >= 4 is 57.0 Å². The third kappa shape index (κ3) is 4.58. The molecule has 2 aromatic carbocycles.